The van der Waals surface area contributed by atoms with Crippen molar-refractivity contribution in [1.29, 1.82) is 0 Å². The second kappa shape index (κ2) is 7.61. The van der Waals surface area contributed by atoms with Crippen LogP contribution in [0.15, 0.2) is 46.9 Å². The summed E-state index contributed by atoms with van der Waals surface area (Å²) in [5, 5.41) is 2.76. The Balaban J connectivity index is 1.56. The summed E-state index contributed by atoms with van der Waals surface area (Å²) in [5.41, 5.74) is 3.04. The molecule has 3 rings (SSSR count). The molecule has 2 aromatic rings. The number of hydrogen-bond donors (Lipinski definition) is 1. The first-order chi connectivity index (χ1) is 12.1. The zero-order valence-electron chi connectivity index (χ0n) is 13.5. The zero-order chi connectivity index (χ0) is 17.8. The van der Waals surface area contributed by atoms with Gasteiger partial charge < -0.3 is 10.2 Å². The van der Waals surface area contributed by atoms with Gasteiger partial charge in [0, 0.05) is 40.8 Å². The number of nitrogens with one attached hydrogen (secondary N) is 1. The highest BCUT2D eigenvalue weighted by Crippen LogP contribution is 2.27. The Bertz CT molecular complexity index is 835. The number of carbonyl (C=O) groups excluding carboxylic acids is 3. The number of amides is 2. The van der Waals surface area contributed by atoms with Crippen LogP contribution in [0, 0.1) is 0 Å². The number of Topliss-reactive ketones (excluding diaryl/α,β-unsaturated/α-hetero) is 1. The van der Waals surface area contributed by atoms with E-state index >= 15 is 0 Å². The third-order valence-corrected chi connectivity index (χ3v) is 4.68. The van der Waals surface area contributed by atoms with Crippen LogP contribution in [0.1, 0.15) is 32.7 Å². The summed E-state index contributed by atoms with van der Waals surface area (Å²) in [6.07, 6.45) is 1.80. The van der Waals surface area contributed by atoms with Gasteiger partial charge in [0.05, 0.1) is 0 Å². The minimum absolute atomic E-state index is 0.0260. The smallest absolute Gasteiger partial charge is 0.251 e. The molecule has 25 heavy (non-hydrogen) atoms. The molecule has 0 atom stereocenters. The molecule has 0 saturated carbocycles. The molecule has 1 aliphatic heterocycles. The molecule has 0 radical (unpaired) electrons. The summed E-state index contributed by atoms with van der Waals surface area (Å²) in [6, 6.07) is 12.5. The van der Waals surface area contributed by atoms with Crippen molar-refractivity contribution in [2.24, 2.45) is 0 Å². The SMILES string of the molecule is O=CN1CCc2cc(C(=O)CCNC(=O)c3cccc(Br)c3)ccc21. The van der Waals surface area contributed by atoms with Crippen LogP contribution in [0.4, 0.5) is 5.69 Å². The molecule has 0 fully saturated rings. The second-order valence-corrected chi connectivity index (χ2v) is 6.75. The van der Waals surface area contributed by atoms with E-state index in [1.165, 1.54) is 0 Å². The molecule has 0 spiro atoms. The molecule has 2 aromatic carbocycles. The van der Waals surface area contributed by atoms with Crippen LogP contribution < -0.4 is 10.2 Å². The van der Waals surface area contributed by atoms with E-state index in [9.17, 15) is 14.4 Å². The highest BCUT2D eigenvalue weighted by molar-refractivity contribution is 9.10. The zero-order valence-corrected chi connectivity index (χ0v) is 15.1. The van der Waals surface area contributed by atoms with E-state index in [1.54, 1.807) is 29.2 Å². The summed E-state index contributed by atoms with van der Waals surface area (Å²) in [7, 11) is 0. The first-order valence-electron chi connectivity index (χ1n) is 8.00. The summed E-state index contributed by atoms with van der Waals surface area (Å²) < 4.78 is 0.832. The number of ketones is 1. The number of benzene rings is 2. The van der Waals surface area contributed by atoms with Gasteiger partial charge in [-0.1, -0.05) is 22.0 Å². The fraction of sp³-hybridized carbons (Fsp3) is 0.211. The van der Waals surface area contributed by atoms with Crippen LogP contribution in [-0.4, -0.2) is 31.2 Å². The average Bonchev–Trinajstić information content (AvgIpc) is 3.03. The van der Waals surface area contributed by atoms with Gasteiger partial charge in [0.1, 0.15) is 0 Å². The molecule has 1 heterocycles. The van der Waals surface area contributed by atoms with Crippen molar-refractivity contribution in [3.8, 4) is 0 Å². The van der Waals surface area contributed by atoms with Crippen molar-refractivity contribution in [3.63, 3.8) is 0 Å². The Morgan fingerprint density at radius 1 is 1.16 bits per heavy atom. The third kappa shape index (κ3) is 3.96. The van der Waals surface area contributed by atoms with E-state index in [0.717, 1.165) is 28.6 Å². The van der Waals surface area contributed by atoms with Gasteiger partial charge in [0.25, 0.3) is 5.91 Å². The maximum atomic E-state index is 12.3. The minimum atomic E-state index is -0.204. The number of hydrogen-bond acceptors (Lipinski definition) is 3. The summed E-state index contributed by atoms with van der Waals surface area (Å²) in [5.74, 6) is -0.230. The molecule has 0 aromatic heterocycles. The third-order valence-electron chi connectivity index (χ3n) is 4.18. The largest absolute Gasteiger partial charge is 0.352 e. The van der Waals surface area contributed by atoms with Crippen LogP contribution in [-0.2, 0) is 11.2 Å². The Labute approximate surface area is 154 Å². The number of halogens is 1. The van der Waals surface area contributed by atoms with Crippen molar-refractivity contribution in [2.45, 2.75) is 12.8 Å². The molecule has 0 saturated heterocycles. The fourth-order valence-corrected chi connectivity index (χ4v) is 3.28. The molecule has 6 heteroatoms. The molecule has 128 valence electrons. The Hall–Kier alpha value is -2.47. The van der Waals surface area contributed by atoms with Crippen LogP contribution in [0.3, 0.4) is 0 Å². The highest BCUT2D eigenvalue weighted by atomic mass is 79.9. The Kier molecular flexibility index (Phi) is 5.28. The number of fused-ring (bicyclic) bond motifs is 1. The lowest BCUT2D eigenvalue weighted by molar-refractivity contribution is -0.107. The van der Waals surface area contributed by atoms with Crippen molar-refractivity contribution in [2.75, 3.05) is 18.0 Å². The number of nitrogens with zero attached hydrogens (tertiary/aromatic N) is 1. The lowest BCUT2D eigenvalue weighted by atomic mass is 10.0. The molecule has 1 N–H and O–H groups in total. The maximum Gasteiger partial charge on any atom is 0.251 e. The molecule has 0 bridgehead atoms. The topological polar surface area (TPSA) is 66.5 Å². The van der Waals surface area contributed by atoms with E-state index in [4.69, 9.17) is 0 Å². The molecular weight excluding hydrogens is 384 g/mol. The van der Waals surface area contributed by atoms with Crippen molar-refractivity contribution >= 4 is 39.7 Å². The van der Waals surface area contributed by atoms with E-state index < -0.39 is 0 Å². The molecular formula is C19H17BrN2O3. The van der Waals surface area contributed by atoms with Gasteiger partial charge in [-0.2, -0.15) is 0 Å². The number of carbonyl (C=O) groups is 3. The molecule has 5 nitrogen and oxygen atoms in total. The molecule has 0 aliphatic carbocycles. The second-order valence-electron chi connectivity index (χ2n) is 5.83. The standard InChI is InChI=1S/C19H17BrN2O3/c20-16-3-1-2-15(11-16)19(25)21-8-6-18(24)14-4-5-17-13(10-14)7-9-22(17)12-23/h1-5,10-12H,6-9H2,(H,21,25). The van der Waals surface area contributed by atoms with Gasteiger partial charge >= 0.3 is 0 Å². The van der Waals surface area contributed by atoms with Gasteiger partial charge in [0.15, 0.2) is 5.78 Å². The maximum absolute atomic E-state index is 12.3. The summed E-state index contributed by atoms with van der Waals surface area (Å²) >= 11 is 3.33. The minimum Gasteiger partial charge on any atom is -0.352 e. The lowest BCUT2D eigenvalue weighted by Crippen LogP contribution is -2.26. The van der Waals surface area contributed by atoms with E-state index in [1.807, 2.05) is 18.2 Å². The number of rotatable bonds is 6. The van der Waals surface area contributed by atoms with Crippen LogP contribution in [0.25, 0.3) is 0 Å². The predicted molar refractivity (Wildman–Crippen MR) is 99.0 cm³/mol. The van der Waals surface area contributed by atoms with Gasteiger partial charge in [0.2, 0.25) is 6.41 Å². The lowest BCUT2D eigenvalue weighted by Gasteiger charge is -2.10. The number of anilines is 1. The molecule has 0 unspecified atom stereocenters. The summed E-state index contributed by atoms with van der Waals surface area (Å²) in [6.45, 7) is 0.931. The van der Waals surface area contributed by atoms with Gasteiger partial charge in [-0.3, -0.25) is 14.4 Å². The van der Waals surface area contributed by atoms with E-state index in [0.29, 0.717) is 17.7 Å². The van der Waals surface area contributed by atoms with E-state index in [-0.39, 0.29) is 24.7 Å². The van der Waals surface area contributed by atoms with Crippen LogP contribution >= 0.6 is 15.9 Å². The first kappa shape index (κ1) is 17.4. The van der Waals surface area contributed by atoms with E-state index in [2.05, 4.69) is 21.2 Å². The van der Waals surface area contributed by atoms with Crippen LogP contribution in [0.2, 0.25) is 0 Å². The van der Waals surface area contributed by atoms with Gasteiger partial charge in [-0.15, -0.1) is 0 Å². The summed E-state index contributed by atoms with van der Waals surface area (Å²) in [4.78, 5) is 37.0. The average molecular weight is 401 g/mol. The first-order valence-corrected chi connectivity index (χ1v) is 8.79. The normalized spacial score (nSPS) is 12.6. The monoisotopic (exact) mass is 400 g/mol. The highest BCUT2D eigenvalue weighted by Gasteiger charge is 2.19. The Morgan fingerprint density at radius 3 is 2.76 bits per heavy atom. The van der Waals surface area contributed by atoms with Crippen molar-refractivity contribution in [1.82, 2.24) is 5.32 Å². The van der Waals surface area contributed by atoms with Crippen molar-refractivity contribution < 1.29 is 14.4 Å². The predicted octanol–water partition coefficient (Wildman–Crippen LogP) is 2.97. The van der Waals surface area contributed by atoms with Crippen molar-refractivity contribution in [3.05, 3.63) is 63.6 Å². The van der Waals surface area contributed by atoms with Gasteiger partial charge in [-0.25, -0.2) is 0 Å². The quantitative estimate of drug-likeness (QED) is 0.598. The van der Waals surface area contributed by atoms with Gasteiger partial charge in [-0.05, 0) is 48.4 Å². The van der Waals surface area contributed by atoms with Crippen LogP contribution in [0.5, 0.6) is 0 Å². The molecule has 2 amide bonds. The molecule has 1 aliphatic rings. The Morgan fingerprint density at radius 2 is 2.00 bits per heavy atom. The fourth-order valence-electron chi connectivity index (χ4n) is 2.88.